The zero-order valence-electron chi connectivity index (χ0n) is 9.23. The zero-order chi connectivity index (χ0) is 11.1. The molecule has 16 heavy (non-hydrogen) atoms. The Kier molecular flexibility index (Phi) is 4.22. The van der Waals surface area contributed by atoms with Gasteiger partial charge >= 0.3 is 0 Å². The molecule has 4 heteroatoms. The highest BCUT2D eigenvalue weighted by Crippen LogP contribution is 2.12. The Labute approximate surface area is 95.9 Å². The average molecular weight is 219 g/mol. The van der Waals surface area contributed by atoms with Crippen molar-refractivity contribution in [2.45, 2.75) is 0 Å². The molecule has 86 valence electrons. The highest BCUT2D eigenvalue weighted by molar-refractivity contribution is 5.46. The van der Waals surface area contributed by atoms with Gasteiger partial charge in [0.1, 0.15) is 0 Å². The molecule has 0 saturated carbocycles. The fourth-order valence-corrected chi connectivity index (χ4v) is 1.50. The molecule has 0 aliphatic carbocycles. The van der Waals surface area contributed by atoms with Gasteiger partial charge in [0.2, 0.25) is 0 Å². The lowest BCUT2D eigenvalue weighted by Crippen LogP contribution is -2.29. The molecule has 1 saturated heterocycles. The van der Waals surface area contributed by atoms with E-state index >= 15 is 0 Å². The summed E-state index contributed by atoms with van der Waals surface area (Å²) in [4.78, 5) is 0. The van der Waals surface area contributed by atoms with E-state index in [9.17, 15) is 0 Å². The first-order valence-electron chi connectivity index (χ1n) is 5.49. The Bertz CT molecular complexity index is 307. The van der Waals surface area contributed by atoms with Crippen molar-refractivity contribution in [3.8, 4) is 0 Å². The summed E-state index contributed by atoms with van der Waals surface area (Å²) >= 11 is 0. The monoisotopic (exact) mass is 219 g/mol. The van der Waals surface area contributed by atoms with Crippen molar-refractivity contribution >= 4 is 5.69 Å². The Hall–Kier alpha value is -1.52. The van der Waals surface area contributed by atoms with Gasteiger partial charge in [-0.15, -0.1) is 0 Å². The lowest BCUT2D eigenvalue weighted by molar-refractivity contribution is 0.194. The summed E-state index contributed by atoms with van der Waals surface area (Å²) in [6, 6.07) is 10.3. The van der Waals surface area contributed by atoms with Gasteiger partial charge < -0.3 is 10.2 Å². The molecular weight excluding hydrogens is 202 g/mol. The van der Waals surface area contributed by atoms with Gasteiger partial charge in [-0.05, 0) is 18.2 Å². The summed E-state index contributed by atoms with van der Waals surface area (Å²) in [6.45, 7) is 3.62. The summed E-state index contributed by atoms with van der Waals surface area (Å²) in [5, 5.41) is 5.08. The molecule has 0 atom stereocenters. The molecule has 1 aromatic carbocycles. The first-order valence-corrected chi connectivity index (χ1v) is 5.49. The quantitative estimate of drug-likeness (QED) is 0.741. The fraction of sp³-hybridized carbons (Fsp3) is 0.333. The van der Waals surface area contributed by atoms with Crippen LogP contribution in [0.25, 0.3) is 0 Å². The van der Waals surface area contributed by atoms with E-state index in [2.05, 4.69) is 34.0 Å². The van der Waals surface area contributed by atoms with E-state index in [4.69, 9.17) is 4.74 Å². The van der Waals surface area contributed by atoms with Crippen LogP contribution in [-0.4, -0.2) is 26.4 Å². The van der Waals surface area contributed by atoms with Crippen molar-refractivity contribution in [2.75, 3.05) is 31.4 Å². The summed E-state index contributed by atoms with van der Waals surface area (Å²) in [5.41, 5.74) is 4.33. The summed E-state index contributed by atoms with van der Waals surface area (Å²) in [5.74, 6) is 0. The molecule has 2 N–H and O–H groups in total. The standard InChI is InChI=1S/C9H10N2.C3H7NO/c1-2-5-9(6-3-1)11-8-4-7-10-11;1-2-5-3-4-1/h1-7,10H,8H2;4H,1-3H2. The smallest absolute Gasteiger partial charge is 0.0966 e. The van der Waals surface area contributed by atoms with Crippen LogP contribution in [0.4, 0.5) is 5.69 Å². The minimum Gasteiger partial charge on any atom is -0.365 e. The molecule has 2 aliphatic rings. The van der Waals surface area contributed by atoms with Crippen molar-refractivity contribution in [1.29, 1.82) is 0 Å². The Morgan fingerprint density at radius 2 is 2.06 bits per heavy atom. The second-order valence-electron chi connectivity index (χ2n) is 3.53. The topological polar surface area (TPSA) is 36.5 Å². The van der Waals surface area contributed by atoms with Crippen LogP contribution in [0.1, 0.15) is 0 Å². The van der Waals surface area contributed by atoms with Crippen LogP contribution in [0, 0.1) is 0 Å². The van der Waals surface area contributed by atoms with Crippen LogP contribution in [0.2, 0.25) is 0 Å². The van der Waals surface area contributed by atoms with Crippen molar-refractivity contribution in [3.63, 3.8) is 0 Å². The number of rotatable bonds is 1. The lowest BCUT2D eigenvalue weighted by atomic mass is 10.3. The van der Waals surface area contributed by atoms with Gasteiger partial charge in [-0.3, -0.25) is 10.3 Å². The van der Waals surface area contributed by atoms with Crippen molar-refractivity contribution in [3.05, 3.63) is 42.6 Å². The number of hydrogen-bond acceptors (Lipinski definition) is 4. The number of nitrogens with zero attached hydrogens (tertiary/aromatic N) is 1. The Balaban J connectivity index is 0.000000162. The zero-order valence-corrected chi connectivity index (χ0v) is 9.23. The van der Waals surface area contributed by atoms with E-state index < -0.39 is 0 Å². The molecule has 0 unspecified atom stereocenters. The number of hydrazine groups is 1. The number of para-hydroxylation sites is 1. The third-order valence-corrected chi connectivity index (χ3v) is 2.33. The largest absolute Gasteiger partial charge is 0.365 e. The van der Waals surface area contributed by atoms with Crippen molar-refractivity contribution in [2.24, 2.45) is 0 Å². The maximum absolute atomic E-state index is 4.83. The summed E-state index contributed by atoms with van der Waals surface area (Å²) in [6.07, 6.45) is 4.04. The van der Waals surface area contributed by atoms with Gasteiger partial charge in [0, 0.05) is 12.7 Å². The predicted octanol–water partition coefficient (Wildman–Crippen LogP) is 1.09. The molecule has 1 fully saturated rings. The first kappa shape index (κ1) is 11.0. The molecule has 0 bridgehead atoms. The number of anilines is 1. The number of hydrogen-bond donors (Lipinski definition) is 2. The van der Waals surface area contributed by atoms with E-state index in [1.54, 1.807) is 0 Å². The highest BCUT2D eigenvalue weighted by atomic mass is 16.5. The number of benzene rings is 1. The van der Waals surface area contributed by atoms with Crippen LogP contribution in [0.3, 0.4) is 0 Å². The third kappa shape index (κ3) is 3.25. The predicted molar refractivity (Wildman–Crippen MR) is 64.9 cm³/mol. The van der Waals surface area contributed by atoms with Gasteiger partial charge in [0.25, 0.3) is 0 Å². The van der Waals surface area contributed by atoms with Crippen molar-refractivity contribution in [1.82, 2.24) is 10.7 Å². The molecule has 0 radical (unpaired) electrons. The van der Waals surface area contributed by atoms with Crippen LogP contribution in [-0.2, 0) is 4.74 Å². The number of ether oxygens (including phenoxy) is 1. The van der Waals surface area contributed by atoms with E-state index in [1.807, 2.05) is 24.4 Å². The van der Waals surface area contributed by atoms with Gasteiger partial charge in [-0.1, -0.05) is 18.2 Å². The minimum absolute atomic E-state index is 0.750. The Morgan fingerprint density at radius 3 is 2.56 bits per heavy atom. The lowest BCUT2D eigenvalue weighted by Gasteiger charge is -2.17. The molecule has 1 aromatic rings. The summed E-state index contributed by atoms with van der Waals surface area (Å²) < 4.78 is 4.83. The van der Waals surface area contributed by atoms with Gasteiger partial charge in [-0.25, -0.2) is 0 Å². The van der Waals surface area contributed by atoms with E-state index in [-0.39, 0.29) is 0 Å². The van der Waals surface area contributed by atoms with Crippen LogP contribution < -0.4 is 15.8 Å². The van der Waals surface area contributed by atoms with Crippen LogP contribution >= 0.6 is 0 Å². The highest BCUT2D eigenvalue weighted by Gasteiger charge is 2.04. The van der Waals surface area contributed by atoms with E-state index in [1.165, 1.54) is 5.69 Å². The first-order chi connectivity index (χ1) is 7.97. The molecule has 4 nitrogen and oxygen atoms in total. The minimum atomic E-state index is 0.750. The molecule has 2 heterocycles. The van der Waals surface area contributed by atoms with Gasteiger partial charge in [-0.2, -0.15) is 0 Å². The van der Waals surface area contributed by atoms with E-state index in [0.717, 1.165) is 26.4 Å². The maximum atomic E-state index is 4.83. The van der Waals surface area contributed by atoms with Crippen LogP contribution in [0.15, 0.2) is 42.6 Å². The molecule has 2 aliphatic heterocycles. The third-order valence-electron chi connectivity index (χ3n) is 2.33. The van der Waals surface area contributed by atoms with Crippen molar-refractivity contribution < 1.29 is 4.74 Å². The van der Waals surface area contributed by atoms with Gasteiger partial charge in [0.05, 0.1) is 25.6 Å². The van der Waals surface area contributed by atoms with Gasteiger partial charge in [0.15, 0.2) is 0 Å². The molecule has 0 spiro atoms. The fourth-order valence-electron chi connectivity index (χ4n) is 1.50. The summed E-state index contributed by atoms with van der Waals surface area (Å²) in [7, 11) is 0. The van der Waals surface area contributed by atoms with E-state index in [0.29, 0.717) is 0 Å². The second kappa shape index (κ2) is 6.15. The molecule has 3 rings (SSSR count). The number of nitrogens with one attached hydrogen (secondary N) is 2. The normalized spacial score (nSPS) is 17.9. The molecule has 0 aromatic heterocycles. The maximum Gasteiger partial charge on any atom is 0.0966 e. The SMILES string of the molecule is C1=CNN(c2ccccc2)C1.C1COCN1. The van der Waals surface area contributed by atoms with Crippen LogP contribution in [0.5, 0.6) is 0 Å². The second-order valence-corrected chi connectivity index (χ2v) is 3.53. The molecular formula is C12H17N3O. The average Bonchev–Trinajstić information content (AvgIpc) is 3.07. The Morgan fingerprint density at radius 1 is 1.19 bits per heavy atom. The molecule has 0 amide bonds.